The van der Waals surface area contributed by atoms with Crippen molar-refractivity contribution in [3.63, 3.8) is 0 Å². The number of carbonyl (C=O) groups is 2. The highest BCUT2D eigenvalue weighted by Gasteiger charge is 2.13. The van der Waals surface area contributed by atoms with Gasteiger partial charge in [-0.3, -0.25) is 9.59 Å². The highest BCUT2D eigenvalue weighted by Crippen LogP contribution is 2.27. The van der Waals surface area contributed by atoms with Crippen molar-refractivity contribution in [3.8, 4) is 0 Å². The van der Waals surface area contributed by atoms with E-state index in [4.69, 9.17) is 5.73 Å². The molecule has 2 rings (SSSR count). The summed E-state index contributed by atoms with van der Waals surface area (Å²) in [4.78, 5) is 23.0. The molecule has 0 saturated heterocycles. The second-order valence-corrected chi connectivity index (χ2v) is 6.24. The fourth-order valence-corrected chi connectivity index (χ4v) is 3.15. The molecule has 0 heterocycles. The lowest BCUT2D eigenvalue weighted by Gasteiger charge is -2.21. The number of nitrogens with one attached hydrogen (secondary N) is 1. The number of rotatable bonds is 7. The summed E-state index contributed by atoms with van der Waals surface area (Å²) in [6, 6.07) is 7.07. The van der Waals surface area contributed by atoms with E-state index in [0.717, 1.165) is 17.9 Å². The van der Waals surface area contributed by atoms with Gasteiger partial charge in [-0.25, -0.2) is 0 Å². The van der Waals surface area contributed by atoms with Crippen molar-refractivity contribution in [1.29, 1.82) is 0 Å². The van der Waals surface area contributed by atoms with Crippen LogP contribution in [0.1, 0.15) is 67.3 Å². The van der Waals surface area contributed by atoms with Crippen molar-refractivity contribution >= 4 is 11.8 Å². The Bertz CT molecular complexity index is 508. The summed E-state index contributed by atoms with van der Waals surface area (Å²) in [7, 11) is 0. The van der Waals surface area contributed by atoms with Gasteiger partial charge in [0.05, 0.1) is 0 Å². The number of primary amides is 1. The fourth-order valence-electron chi connectivity index (χ4n) is 3.15. The average molecular weight is 302 g/mol. The highest BCUT2D eigenvalue weighted by atomic mass is 16.1. The van der Waals surface area contributed by atoms with Crippen molar-refractivity contribution in [2.75, 3.05) is 0 Å². The van der Waals surface area contributed by atoms with Crippen molar-refractivity contribution in [2.24, 2.45) is 11.7 Å². The van der Waals surface area contributed by atoms with Crippen LogP contribution in [0.4, 0.5) is 0 Å². The van der Waals surface area contributed by atoms with E-state index in [1.54, 1.807) is 18.2 Å². The molecule has 2 amide bonds. The predicted molar refractivity (Wildman–Crippen MR) is 87.2 cm³/mol. The third-order valence-electron chi connectivity index (χ3n) is 4.44. The zero-order valence-corrected chi connectivity index (χ0v) is 13.1. The van der Waals surface area contributed by atoms with Crippen LogP contribution >= 0.6 is 0 Å². The molecule has 0 spiro atoms. The lowest BCUT2D eigenvalue weighted by molar-refractivity contribution is -0.121. The van der Waals surface area contributed by atoms with E-state index in [2.05, 4.69) is 5.32 Å². The minimum absolute atomic E-state index is 0.0836. The largest absolute Gasteiger partial charge is 0.366 e. The summed E-state index contributed by atoms with van der Waals surface area (Å²) < 4.78 is 0. The van der Waals surface area contributed by atoms with Gasteiger partial charge in [0.15, 0.2) is 0 Å². The molecule has 1 aromatic rings. The first-order valence-corrected chi connectivity index (χ1v) is 8.30. The maximum Gasteiger partial charge on any atom is 0.248 e. The standard InChI is InChI=1S/C18H26N2O2/c19-18(22)16-10-4-9-15(12-16)13-20-17(21)11-5-8-14-6-2-1-3-7-14/h4,9-10,12,14H,1-3,5-8,11,13H2,(H2,19,22)(H,20,21). The fraction of sp³-hybridized carbons (Fsp3) is 0.556. The van der Waals surface area contributed by atoms with Crippen LogP contribution in [-0.4, -0.2) is 11.8 Å². The summed E-state index contributed by atoms with van der Waals surface area (Å²) in [5, 5.41) is 2.91. The lowest BCUT2D eigenvalue weighted by atomic mass is 9.86. The number of hydrogen-bond acceptors (Lipinski definition) is 2. The van der Waals surface area contributed by atoms with Crippen molar-refractivity contribution in [1.82, 2.24) is 5.32 Å². The topological polar surface area (TPSA) is 72.2 Å². The second-order valence-electron chi connectivity index (χ2n) is 6.24. The lowest BCUT2D eigenvalue weighted by Crippen LogP contribution is -2.23. The molecule has 4 nitrogen and oxygen atoms in total. The molecule has 1 saturated carbocycles. The number of hydrogen-bond donors (Lipinski definition) is 2. The molecule has 0 atom stereocenters. The molecular formula is C18H26N2O2. The van der Waals surface area contributed by atoms with Gasteiger partial charge in [-0.2, -0.15) is 0 Å². The van der Waals surface area contributed by atoms with Crippen LogP contribution in [0.2, 0.25) is 0 Å². The smallest absolute Gasteiger partial charge is 0.248 e. The Balaban J connectivity index is 1.66. The maximum absolute atomic E-state index is 11.9. The van der Waals surface area contributed by atoms with Gasteiger partial charge >= 0.3 is 0 Å². The number of carbonyl (C=O) groups excluding carboxylic acids is 2. The molecule has 1 aliphatic rings. The first-order valence-electron chi connectivity index (χ1n) is 8.30. The van der Waals surface area contributed by atoms with Gasteiger partial charge in [0.2, 0.25) is 11.8 Å². The molecule has 0 radical (unpaired) electrons. The number of nitrogens with two attached hydrogens (primary N) is 1. The van der Waals surface area contributed by atoms with Crippen LogP contribution in [0.3, 0.4) is 0 Å². The molecule has 1 fully saturated rings. The predicted octanol–water partition coefficient (Wildman–Crippen LogP) is 3.15. The Morgan fingerprint density at radius 1 is 1.18 bits per heavy atom. The monoisotopic (exact) mass is 302 g/mol. The van der Waals surface area contributed by atoms with E-state index < -0.39 is 5.91 Å². The minimum Gasteiger partial charge on any atom is -0.366 e. The Morgan fingerprint density at radius 3 is 2.68 bits per heavy atom. The molecule has 0 aliphatic heterocycles. The summed E-state index contributed by atoms with van der Waals surface area (Å²) in [5.41, 5.74) is 6.62. The number of benzene rings is 1. The van der Waals surface area contributed by atoms with Gasteiger partial charge in [-0.05, 0) is 36.5 Å². The zero-order valence-electron chi connectivity index (χ0n) is 13.1. The Labute approximate surface area is 132 Å². The van der Waals surface area contributed by atoms with Crippen LogP contribution in [0.5, 0.6) is 0 Å². The molecule has 0 bridgehead atoms. The quantitative estimate of drug-likeness (QED) is 0.812. The van der Waals surface area contributed by atoms with E-state index in [1.165, 1.54) is 38.5 Å². The summed E-state index contributed by atoms with van der Waals surface area (Å²) >= 11 is 0. The van der Waals surface area contributed by atoms with E-state index in [9.17, 15) is 9.59 Å². The molecule has 1 aromatic carbocycles. The second kappa shape index (κ2) is 8.57. The van der Waals surface area contributed by atoms with Gasteiger partial charge in [0, 0.05) is 18.5 Å². The van der Waals surface area contributed by atoms with E-state index in [0.29, 0.717) is 18.5 Å². The zero-order chi connectivity index (χ0) is 15.8. The van der Waals surface area contributed by atoms with E-state index >= 15 is 0 Å². The van der Waals surface area contributed by atoms with Crippen molar-refractivity contribution < 1.29 is 9.59 Å². The molecule has 1 aliphatic carbocycles. The van der Waals surface area contributed by atoms with Gasteiger partial charge < -0.3 is 11.1 Å². The highest BCUT2D eigenvalue weighted by molar-refractivity contribution is 5.92. The van der Waals surface area contributed by atoms with Crippen molar-refractivity contribution in [2.45, 2.75) is 57.9 Å². The van der Waals surface area contributed by atoms with Gasteiger partial charge in [0.25, 0.3) is 0 Å². The van der Waals surface area contributed by atoms with Gasteiger partial charge in [0.1, 0.15) is 0 Å². The minimum atomic E-state index is -0.444. The SMILES string of the molecule is NC(=O)c1cccc(CNC(=O)CCCC2CCCCC2)c1. The molecule has 0 unspecified atom stereocenters. The van der Waals surface area contributed by atoms with Gasteiger partial charge in [-0.15, -0.1) is 0 Å². The average Bonchev–Trinajstić information content (AvgIpc) is 2.54. The molecule has 0 aromatic heterocycles. The van der Waals surface area contributed by atoms with E-state index in [1.807, 2.05) is 6.07 Å². The molecule has 4 heteroatoms. The van der Waals surface area contributed by atoms with Crippen LogP contribution < -0.4 is 11.1 Å². The first-order chi connectivity index (χ1) is 10.6. The van der Waals surface area contributed by atoms with Crippen LogP contribution in [0, 0.1) is 5.92 Å². The third kappa shape index (κ3) is 5.51. The number of amides is 2. The van der Waals surface area contributed by atoms with Crippen LogP contribution in [0.25, 0.3) is 0 Å². The van der Waals surface area contributed by atoms with Crippen LogP contribution in [-0.2, 0) is 11.3 Å². The molecule has 120 valence electrons. The van der Waals surface area contributed by atoms with E-state index in [-0.39, 0.29) is 5.91 Å². The first kappa shape index (κ1) is 16.5. The summed E-state index contributed by atoms with van der Waals surface area (Å²) in [5.74, 6) is 0.467. The Kier molecular flexibility index (Phi) is 6.44. The molecule has 3 N–H and O–H groups in total. The van der Waals surface area contributed by atoms with Crippen molar-refractivity contribution in [3.05, 3.63) is 35.4 Å². The Hall–Kier alpha value is -1.84. The maximum atomic E-state index is 11.9. The molecular weight excluding hydrogens is 276 g/mol. The van der Waals surface area contributed by atoms with Gasteiger partial charge in [-0.1, -0.05) is 44.2 Å². The van der Waals surface area contributed by atoms with Crippen LogP contribution in [0.15, 0.2) is 24.3 Å². The summed E-state index contributed by atoms with van der Waals surface area (Å²) in [6.45, 7) is 0.448. The third-order valence-corrected chi connectivity index (χ3v) is 4.44. The summed E-state index contributed by atoms with van der Waals surface area (Å²) in [6.07, 6.45) is 9.49. The Morgan fingerprint density at radius 2 is 1.95 bits per heavy atom. The molecule has 22 heavy (non-hydrogen) atoms. The normalized spacial score (nSPS) is 15.5.